The van der Waals surface area contributed by atoms with E-state index < -0.39 is 5.97 Å². The van der Waals surface area contributed by atoms with Crippen molar-refractivity contribution in [1.29, 1.82) is 0 Å². The van der Waals surface area contributed by atoms with Crippen LogP contribution in [0.2, 0.25) is 0 Å². The molecule has 0 spiro atoms. The third-order valence-electron chi connectivity index (χ3n) is 5.77. The second-order valence-electron chi connectivity index (χ2n) is 7.76. The van der Waals surface area contributed by atoms with E-state index in [1.54, 1.807) is 24.3 Å². The number of carbonyl (C=O) groups is 2. The normalized spacial score (nSPS) is 14.6. The number of hydrogen-bond acceptors (Lipinski definition) is 4. The summed E-state index contributed by atoms with van der Waals surface area (Å²) in [7, 11) is 1.90. The molecule has 1 aromatic heterocycles. The first-order chi connectivity index (χ1) is 14.5. The first kappa shape index (κ1) is 20.4. The predicted molar refractivity (Wildman–Crippen MR) is 119 cm³/mol. The highest BCUT2D eigenvalue weighted by atomic mass is 32.1. The zero-order valence-corrected chi connectivity index (χ0v) is 17.8. The average Bonchev–Trinajstić information content (AvgIpc) is 3.16. The van der Waals surface area contributed by atoms with Gasteiger partial charge in [0, 0.05) is 23.2 Å². The number of carbonyl (C=O) groups excluding carboxylic acids is 1. The van der Waals surface area contributed by atoms with E-state index in [0.717, 1.165) is 28.5 Å². The van der Waals surface area contributed by atoms with E-state index >= 15 is 0 Å². The first-order valence-electron chi connectivity index (χ1n) is 10.3. The number of fused-ring (bicyclic) bond motifs is 1. The molecule has 156 valence electrons. The maximum absolute atomic E-state index is 13.4. The summed E-state index contributed by atoms with van der Waals surface area (Å²) < 4.78 is 7.17. The summed E-state index contributed by atoms with van der Waals surface area (Å²) in [4.78, 5) is 26.9. The lowest BCUT2D eigenvalue weighted by Crippen LogP contribution is -2.38. The molecule has 2 aromatic carbocycles. The molecule has 30 heavy (non-hydrogen) atoms. The molecule has 0 bridgehead atoms. The van der Waals surface area contributed by atoms with Crippen LogP contribution in [0, 0.1) is 0 Å². The van der Waals surface area contributed by atoms with Crippen molar-refractivity contribution >= 4 is 33.3 Å². The number of nitrogens with zero attached hydrogens (tertiary/aromatic N) is 1. The number of thiophene rings is 1. The Labute approximate surface area is 179 Å². The van der Waals surface area contributed by atoms with Crippen molar-refractivity contribution in [2.45, 2.75) is 44.8 Å². The van der Waals surface area contributed by atoms with Crippen molar-refractivity contribution in [1.82, 2.24) is 4.90 Å². The molecule has 1 aliphatic rings. The smallest absolute Gasteiger partial charge is 0.335 e. The highest BCUT2D eigenvalue weighted by Gasteiger charge is 2.28. The number of carboxylic acids is 1. The number of hydrogen-bond donors (Lipinski definition) is 1. The summed E-state index contributed by atoms with van der Waals surface area (Å²) in [6, 6.07) is 14.8. The molecule has 3 aromatic rings. The summed E-state index contributed by atoms with van der Waals surface area (Å²) in [6.07, 6.45) is 5.70. The van der Waals surface area contributed by atoms with Crippen LogP contribution in [0.25, 0.3) is 10.1 Å². The van der Waals surface area contributed by atoms with Crippen LogP contribution >= 0.6 is 11.3 Å². The third kappa shape index (κ3) is 4.19. The molecule has 0 aliphatic heterocycles. The Balaban J connectivity index is 1.59. The van der Waals surface area contributed by atoms with Gasteiger partial charge in [-0.1, -0.05) is 43.5 Å². The van der Waals surface area contributed by atoms with Gasteiger partial charge in [-0.25, -0.2) is 4.79 Å². The molecule has 5 nitrogen and oxygen atoms in total. The highest BCUT2D eigenvalue weighted by Crippen LogP contribution is 2.39. The molecular formula is C24H25NO4S. The summed E-state index contributed by atoms with van der Waals surface area (Å²) in [5.41, 5.74) is 1.10. The van der Waals surface area contributed by atoms with Gasteiger partial charge in [-0.15, -0.1) is 11.3 Å². The van der Waals surface area contributed by atoms with Gasteiger partial charge in [-0.2, -0.15) is 0 Å². The molecular weight excluding hydrogens is 398 g/mol. The van der Waals surface area contributed by atoms with Crippen molar-refractivity contribution < 1.29 is 19.4 Å². The lowest BCUT2D eigenvalue weighted by molar-refractivity contribution is 0.0687. The van der Waals surface area contributed by atoms with E-state index in [1.165, 1.54) is 30.6 Å². The fourth-order valence-electron chi connectivity index (χ4n) is 4.00. The summed E-state index contributed by atoms with van der Waals surface area (Å²) in [5.74, 6) is -0.324. The number of ether oxygens (including phenoxy) is 1. The molecule has 0 atom stereocenters. The maximum Gasteiger partial charge on any atom is 0.335 e. The Morgan fingerprint density at radius 2 is 1.77 bits per heavy atom. The molecule has 1 N–H and O–H groups in total. The van der Waals surface area contributed by atoms with Crippen molar-refractivity contribution in [3.05, 3.63) is 64.5 Å². The van der Waals surface area contributed by atoms with E-state index in [-0.39, 0.29) is 24.1 Å². The Bertz CT molecular complexity index is 1050. The van der Waals surface area contributed by atoms with Crippen LogP contribution in [-0.2, 0) is 6.61 Å². The summed E-state index contributed by atoms with van der Waals surface area (Å²) in [6.45, 7) is 0.272. The number of benzene rings is 2. The van der Waals surface area contributed by atoms with Gasteiger partial charge in [0.1, 0.15) is 11.5 Å². The van der Waals surface area contributed by atoms with Crippen LogP contribution in [0.5, 0.6) is 5.75 Å². The van der Waals surface area contributed by atoms with Gasteiger partial charge in [0.2, 0.25) is 0 Å². The molecule has 1 amide bonds. The lowest BCUT2D eigenvalue weighted by Gasteiger charge is -2.31. The molecule has 0 saturated heterocycles. The molecule has 0 radical (unpaired) electrons. The standard InChI is InChI=1S/C24H25NO4S/c1-25(18-7-3-2-4-8-18)23(26)22-21(19-9-5-6-10-20(19)30-22)29-15-16-11-13-17(14-12-16)24(27)28/h5-6,9-14,18H,2-4,7-8,15H2,1H3,(H,27,28). The zero-order valence-electron chi connectivity index (χ0n) is 17.0. The van der Waals surface area contributed by atoms with Gasteiger partial charge in [-0.05, 0) is 42.7 Å². The molecule has 1 aliphatic carbocycles. The largest absolute Gasteiger partial charge is 0.487 e. The van der Waals surface area contributed by atoms with E-state index in [4.69, 9.17) is 9.84 Å². The SMILES string of the molecule is CN(C(=O)c1sc2ccccc2c1OCc1ccc(C(=O)O)cc1)C1CCCCC1. The van der Waals surface area contributed by atoms with Gasteiger partial charge in [0.05, 0.1) is 5.56 Å². The number of carboxylic acid groups (broad SMARTS) is 1. The Hall–Kier alpha value is -2.86. The van der Waals surface area contributed by atoms with E-state index in [0.29, 0.717) is 10.6 Å². The lowest BCUT2D eigenvalue weighted by atomic mass is 9.94. The van der Waals surface area contributed by atoms with Gasteiger partial charge >= 0.3 is 5.97 Å². The fourth-order valence-corrected chi connectivity index (χ4v) is 5.13. The third-order valence-corrected chi connectivity index (χ3v) is 6.91. The number of aromatic carboxylic acids is 1. The van der Waals surface area contributed by atoms with Gasteiger partial charge < -0.3 is 14.7 Å². The number of amides is 1. The second-order valence-corrected chi connectivity index (χ2v) is 8.81. The van der Waals surface area contributed by atoms with Crippen LogP contribution in [-0.4, -0.2) is 35.0 Å². The van der Waals surface area contributed by atoms with Gasteiger partial charge in [0.15, 0.2) is 5.75 Å². The Morgan fingerprint density at radius 1 is 1.07 bits per heavy atom. The number of rotatable bonds is 6. The minimum Gasteiger partial charge on any atom is -0.487 e. The predicted octanol–water partition coefficient (Wildman–Crippen LogP) is 5.58. The van der Waals surface area contributed by atoms with Crippen LogP contribution in [0.1, 0.15) is 57.7 Å². The average molecular weight is 424 g/mol. The van der Waals surface area contributed by atoms with Crippen molar-refractivity contribution in [2.24, 2.45) is 0 Å². The minimum atomic E-state index is -0.954. The van der Waals surface area contributed by atoms with Crippen LogP contribution in [0.15, 0.2) is 48.5 Å². The molecule has 6 heteroatoms. The fraction of sp³-hybridized carbons (Fsp3) is 0.333. The van der Waals surface area contributed by atoms with Gasteiger partial charge in [0.25, 0.3) is 5.91 Å². The molecule has 1 saturated carbocycles. The molecule has 0 unspecified atom stereocenters. The van der Waals surface area contributed by atoms with Gasteiger partial charge in [-0.3, -0.25) is 4.79 Å². The van der Waals surface area contributed by atoms with E-state index in [2.05, 4.69) is 0 Å². The van der Waals surface area contributed by atoms with Crippen LogP contribution in [0.3, 0.4) is 0 Å². The topological polar surface area (TPSA) is 66.8 Å². The maximum atomic E-state index is 13.4. The first-order valence-corrected chi connectivity index (χ1v) is 11.1. The van der Waals surface area contributed by atoms with Crippen LogP contribution in [0.4, 0.5) is 0 Å². The van der Waals surface area contributed by atoms with Crippen molar-refractivity contribution in [3.8, 4) is 5.75 Å². The zero-order chi connectivity index (χ0) is 21.1. The van der Waals surface area contributed by atoms with Crippen molar-refractivity contribution in [3.63, 3.8) is 0 Å². The second kappa shape index (κ2) is 8.88. The quantitative estimate of drug-likeness (QED) is 0.562. The summed E-state index contributed by atoms with van der Waals surface area (Å²) in [5, 5.41) is 9.99. The van der Waals surface area contributed by atoms with Crippen LogP contribution < -0.4 is 4.74 Å². The Kier molecular flexibility index (Phi) is 6.04. The molecule has 4 rings (SSSR count). The Morgan fingerprint density at radius 3 is 2.47 bits per heavy atom. The summed E-state index contributed by atoms with van der Waals surface area (Å²) >= 11 is 1.47. The monoisotopic (exact) mass is 423 g/mol. The van der Waals surface area contributed by atoms with Crippen molar-refractivity contribution in [2.75, 3.05) is 7.05 Å². The van der Waals surface area contributed by atoms with E-state index in [1.807, 2.05) is 36.2 Å². The van der Waals surface area contributed by atoms with E-state index in [9.17, 15) is 9.59 Å². The molecule has 1 heterocycles. The highest BCUT2D eigenvalue weighted by molar-refractivity contribution is 7.21. The molecule has 1 fully saturated rings. The minimum absolute atomic E-state index is 0.0133.